The van der Waals surface area contributed by atoms with E-state index in [-0.39, 0.29) is 0 Å². The first-order valence-corrected chi connectivity index (χ1v) is 5.82. The molecule has 2 aromatic heterocycles. The summed E-state index contributed by atoms with van der Waals surface area (Å²) >= 11 is 6.49. The van der Waals surface area contributed by atoms with E-state index in [0.29, 0.717) is 11.1 Å². The molecule has 1 aromatic carbocycles. The summed E-state index contributed by atoms with van der Waals surface area (Å²) < 4.78 is 5.66. The van der Waals surface area contributed by atoms with Gasteiger partial charge in [0.1, 0.15) is 0 Å². The number of oxazole rings is 1. The Morgan fingerprint density at radius 3 is 2.94 bits per heavy atom. The zero-order chi connectivity index (χ0) is 11.1. The Morgan fingerprint density at radius 1 is 1.31 bits per heavy atom. The number of aromatic nitrogens is 2. The molecular weight excluding hydrogens is 244 g/mol. The molecule has 0 spiro atoms. The van der Waals surface area contributed by atoms with Crippen molar-refractivity contribution in [2.24, 2.45) is 0 Å². The zero-order valence-electron chi connectivity index (χ0n) is 7.94. The second-order valence-corrected chi connectivity index (χ2v) is 4.83. The van der Waals surface area contributed by atoms with Gasteiger partial charge in [-0.05, 0) is 30.4 Å². The van der Waals surface area contributed by atoms with E-state index in [0.717, 1.165) is 15.2 Å². The molecule has 3 rings (SSSR count). The average Bonchev–Trinajstić information content (AvgIpc) is 2.81. The predicted molar refractivity (Wildman–Crippen MR) is 65.3 cm³/mol. The molecule has 16 heavy (non-hydrogen) atoms. The Kier molecular flexibility index (Phi) is 2.05. The van der Waals surface area contributed by atoms with Crippen LogP contribution in [0.15, 0.2) is 32.8 Å². The smallest absolute Gasteiger partial charge is 0.408 e. The molecule has 0 aliphatic carbocycles. The molecule has 3 aromatic rings. The van der Waals surface area contributed by atoms with Crippen molar-refractivity contribution in [2.75, 3.05) is 0 Å². The van der Waals surface area contributed by atoms with Crippen LogP contribution in [-0.4, -0.2) is 9.97 Å². The fourth-order valence-corrected chi connectivity index (χ4v) is 2.38. The first kappa shape index (κ1) is 9.56. The lowest BCUT2D eigenvalue weighted by Crippen LogP contribution is -1.92. The van der Waals surface area contributed by atoms with Crippen LogP contribution in [0.5, 0.6) is 0 Å². The van der Waals surface area contributed by atoms with Gasteiger partial charge in [-0.1, -0.05) is 0 Å². The largest absolute Gasteiger partial charge is 0.417 e. The summed E-state index contributed by atoms with van der Waals surface area (Å²) in [4.78, 5) is 16.7. The number of aromatic amines is 2. The van der Waals surface area contributed by atoms with Crippen LogP contribution in [0.3, 0.4) is 0 Å². The standard InChI is InChI=1S/C10H6N2O2S2/c13-9-11-6-3-5(1-2-8(6)14-9)7-4-16-10(15)12-7/h1-4H,(H,11,13)(H,12,15). The average molecular weight is 250 g/mol. The maximum Gasteiger partial charge on any atom is 0.417 e. The van der Waals surface area contributed by atoms with Crippen molar-refractivity contribution in [3.8, 4) is 11.3 Å². The number of benzene rings is 1. The summed E-state index contributed by atoms with van der Waals surface area (Å²) in [6.07, 6.45) is 0. The minimum atomic E-state index is -0.439. The van der Waals surface area contributed by atoms with Crippen LogP contribution < -0.4 is 5.76 Å². The highest BCUT2D eigenvalue weighted by Crippen LogP contribution is 2.23. The van der Waals surface area contributed by atoms with Crippen molar-refractivity contribution in [1.82, 2.24) is 9.97 Å². The Morgan fingerprint density at radius 2 is 2.19 bits per heavy atom. The normalized spacial score (nSPS) is 11.0. The van der Waals surface area contributed by atoms with Crippen molar-refractivity contribution in [3.63, 3.8) is 0 Å². The van der Waals surface area contributed by atoms with E-state index in [9.17, 15) is 4.79 Å². The molecule has 2 heterocycles. The maximum absolute atomic E-state index is 11.0. The Labute approximate surface area is 98.6 Å². The fourth-order valence-electron chi connectivity index (χ4n) is 1.54. The summed E-state index contributed by atoms with van der Waals surface area (Å²) in [5.41, 5.74) is 3.16. The van der Waals surface area contributed by atoms with Crippen molar-refractivity contribution < 1.29 is 4.42 Å². The third-order valence-corrected chi connectivity index (χ3v) is 3.31. The van der Waals surface area contributed by atoms with Gasteiger partial charge in [0.25, 0.3) is 0 Å². The molecule has 0 saturated heterocycles. The van der Waals surface area contributed by atoms with Gasteiger partial charge in [0.15, 0.2) is 9.54 Å². The molecule has 0 radical (unpaired) electrons. The molecular formula is C10H6N2O2S2. The first-order valence-electron chi connectivity index (χ1n) is 4.53. The lowest BCUT2D eigenvalue weighted by molar-refractivity contribution is 0.555. The number of hydrogen-bond acceptors (Lipinski definition) is 4. The SMILES string of the molecule is O=c1[nH]c2cc(-c3csc(=S)[nH]3)ccc2o1. The zero-order valence-corrected chi connectivity index (χ0v) is 9.58. The monoisotopic (exact) mass is 250 g/mol. The molecule has 4 nitrogen and oxygen atoms in total. The number of hydrogen-bond donors (Lipinski definition) is 2. The number of rotatable bonds is 1. The van der Waals surface area contributed by atoms with E-state index >= 15 is 0 Å². The molecule has 6 heteroatoms. The highest BCUT2D eigenvalue weighted by atomic mass is 32.1. The molecule has 0 aliphatic rings. The van der Waals surface area contributed by atoms with E-state index in [2.05, 4.69) is 9.97 Å². The summed E-state index contributed by atoms with van der Waals surface area (Å²) in [5.74, 6) is -0.439. The second kappa shape index (κ2) is 3.43. The van der Waals surface area contributed by atoms with Crippen molar-refractivity contribution in [3.05, 3.63) is 38.1 Å². The molecule has 0 aliphatic heterocycles. The Bertz CT molecular complexity index is 763. The van der Waals surface area contributed by atoms with Gasteiger partial charge in [0.05, 0.1) is 11.2 Å². The van der Waals surface area contributed by atoms with Crippen LogP contribution in [0.1, 0.15) is 0 Å². The topological polar surface area (TPSA) is 61.8 Å². The van der Waals surface area contributed by atoms with Crippen LogP contribution in [0.4, 0.5) is 0 Å². The lowest BCUT2D eigenvalue weighted by Gasteiger charge is -1.95. The number of H-pyrrole nitrogens is 2. The number of nitrogens with one attached hydrogen (secondary N) is 2. The summed E-state index contributed by atoms with van der Waals surface area (Å²) in [6, 6.07) is 5.50. The molecule has 0 fully saturated rings. The van der Waals surface area contributed by atoms with Crippen LogP contribution in [0.25, 0.3) is 22.4 Å². The molecule has 2 N–H and O–H groups in total. The Balaban J connectivity index is 2.25. The molecule has 80 valence electrons. The fraction of sp³-hybridized carbons (Fsp3) is 0. The van der Waals surface area contributed by atoms with Crippen LogP contribution in [0, 0.1) is 3.95 Å². The lowest BCUT2D eigenvalue weighted by atomic mass is 10.1. The van der Waals surface area contributed by atoms with Crippen LogP contribution in [0.2, 0.25) is 0 Å². The molecule has 0 amide bonds. The van der Waals surface area contributed by atoms with Gasteiger partial charge in [-0.3, -0.25) is 4.98 Å². The van der Waals surface area contributed by atoms with Gasteiger partial charge in [-0.15, -0.1) is 11.3 Å². The molecule has 0 atom stereocenters. The van der Waals surface area contributed by atoms with E-state index in [1.54, 1.807) is 6.07 Å². The van der Waals surface area contributed by atoms with Gasteiger partial charge in [0.2, 0.25) is 0 Å². The highest BCUT2D eigenvalue weighted by molar-refractivity contribution is 7.73. The van der Waals surface area contributed by atoms with Gasteiger partial charge in [-0.2, -0.15) is 0 Å². The van der Waals surface area contributed by atoms with E-state index in [1.165, 1.54) is 11.3 Å². The number of thiazole rings is 1. The third kappa shape index (κ3) is 1.52. The first-order chi connectivity index (χ1) is 7.72. The second-order valence-electron chi connectivity index (χ2n) is 3.29. The molecule has 0 bridgehead atoms. The molecule has 0 saturated carbocycles. The van der Waals surface area contributed by atoms with Gasteiger partial charge in [-0.25, -0.2) is 4.79 Å². The minimum absolute atomic E-state index is 0.439. The van der Waals surface area contributed by atoms with Gasteiger partial charge in [0, 0.05) is 10.9 Å². The van der Waals surface area contributed by atoms with Crippen LogP contribution >= 0.6 is 23.6 Å². The van der Waals surface area contributed by atoms with Crippen molar-refractivity contribution >= 4 is 34.7 Å². The summed E-state index contributed by atoms with van der Waals surface area (Å²) in [7, 11) is 0. The molecule has 0 unspecified atom stereocenters. The van der Waals surface area contributed by atoms with Crippen molar-refractivity contribution in [2.45, 2.75) is 0 Å². The van der Waals surface area contributed by atoms with E-state index in [1.807, 2.05) is 17.5 Å². The third-order valence-electron chi connectivity index (χ3n) is 2.25. The number of fused-ring (bicyclic) bond motifs is 1. The van der Waals surface area contributed by atoms with Gasteiger partial charge < -0.3 is 9.40 Å². The summed E-state index contributed by atoms with van der Waals surface area (Å²) in [5, 5.41) is 1.95. The maximum atomic E-state index is 11.0. The highest BCUT2D eigenvalue weighted by Gasteiger charge is 2.04. The van der Waals surface area contributed by atoms with Gasteiger partial charge >= 0.3 is 5.76 Å². The Hall–Kier alpha value is -1.66. The van der Waals surface area contributed by atoms with E-state index in [4.69, 9.17) is 16.6 Å². The minimum Gasteiger partial charge on any atom is -0.408 e. The van der Waals surface area contributed by atoms with Crippen LogP contribution in [-0.2, 0) is 0 Å². The summed E-state index contributed by atoms with van der Waals surface area (Å²) in [6.45, 7) is 0. The quantitative estimate of drug-likeness (QED) is 0.653. The predicted octanol–water partition coefficient (Wildman–Crippen LogP) is 2.91. The van der Waals surface area contributed by atoms with E-state index < -0.39 is 5.76 Å². The van der Waals surface area contributed by atoms with Crippen molar-refractivity contribution in [1.29, 1.82) is 0 Å².